The van der Waals surface area contributed by atoms with Crippen molar-refractivity contribution >= 4 is 63.4 Å². The predicted molar refractivity (Wildman–Crippen MR) is 393 cm³/mol. The van der Waals surface area contributed by atoms with Gasteiger partial charge in [0, 0.05) is 24.1 Å². The molecule has 16 nitrogen and oxygen atoms in total. The molecule has 0 saturated carbocycles. The molecule has 0 fully saturated rings. The maximum absolute atomic E-state index is 13.3. The smallest absolute Gasteiger partial charge is 0.419 e. The van der Waals surface area contributed by atoms with Crippen LogP contribution in [0.2, 0.25) is 0 Å². The van der Waals surface area contributed by atoms with Crippen LogP contribution >= 0.6 is 15.9 Å². The van der Waals surface area contributed by atoms with Gasteiger partial charge < -0.3 is 45.4 Å². The number of rotatable bonds is 17. The van der Waals surface area contributed by atoms with E-state index in [0.717, 1.165) is 26.2 Å². The second-order valence-corrected chi connectivity index (χ2v) is 28.6. The second-order valence-electron chi connectivity index (χ2n) is 27.8. The molecule has 776 valence electrons. The van der Waals surface area contributed by atoms with Crippen LogP contribution in [0.25, 0.3) is 11.1 Å². The molecule has 0 amide bonds. The number of benzene rings is 8. The zero-order valence-electron chi connectivity index (χ0n) is 68.5. The van der Waals surface area contributed by atoms with Gasteiger partial charge in [0.05, 0.1) is 136 Å². The van der Waals surface area contributed by atoms with E-state index in [0.29, 0.717) is 91.7 Å². The summed E-state index contributed by atoms with van der Waals surface area (Å²) in [5.41, 5.74) is -30.2. The van der Waals surface area contributed by atoms with Crippen molar-refractivity contribution in [3.8, 4) is 16.9 Å². The van der Waals surface area contributed by atoms with Gasteiger partial charge in [0.25, 0.3) is 0 Å². The van der Waals surface area contributed by atoms with Crippen LogP contribution in [-0.4, -0.2) is 98.7 Å². The van der Waals surface area contributed by atoms with Gasteiger partial charge in [-0.3, -0.25) is 33.6 Å². The van der Waals surface area contributed by atoms with Crippen molar-refractivity contribution in [1.29, 1.82) is 0 Å². The molecule has 0 spiro atoms. The van der Waals surface area contributed by atoms with Gasteiger partial charge in [-0.15, -0.1) is 0 Å². The maximum atomic E-state index is 13.3. The van der Waals surface area contributed by atoms with E-state index in [1.807, 2.05) is 0 Å². The number of anilines is 1. The van der Waals surface area contributed by atoms with E-state index in [9.17, 15) is 222 Å². The highest BCUT2D eigenvalue weighted by molar-refractivity contribution is 9.10. The van der Waals surface area contributed by atoms with E-state index in [-0.39, 0.29) is 23.8 Å². The van der Waals surface area contributed by atoms with Crippen molar-refractivity contribution in [2.24, 2.45) is 0 Å². The van der Waals surface area contributed by atoms with E-state index in [1.165, 1.54) is 18.2 Å². The minimum Gasteiger partial charge on any atom is -0.495 e. The molecule has 0 saturated heterocycles. The van der Waals surface area contributed by atoms with Crippen molar-refractivity contribution in [2.75, 3.05) is 26.1 Å². The molecule has 0 atom stereocenters. The van der Waals surface area contributed by atoms with Crippen LogP contribution in [0.4, 0.5) is 194 Å². The standard InChI is InChI=1S/C16H10F6O2.C12H11F6NO2.C11H8F6O3.C11H8F6O2.C10H5BrF6O2.C10H5F7O2.C10H6F6O2/c17-15(18,19)11-6-9(8-13(23)24)7-12(16(20,21)22)14(11)10-4-2-1-3-5-10;1-19(2)10-7(11(13,14)15)3-6(5-9(20)21)4-8(10)12(16,17)18;1-20-9-6(10(12,13)14)2-5(4-8(18)19)3-7(9)11(15,16)17;1-5-7(10(12,13)14)2-6(4-9(18)19)3-8(5)11(15,16)17;2*11-8-5(9(12,13)14)1-4(3-7(18)19)2-6(8)10(15,16)17;11-9(12,13)6-1-5(3-8(17)18)2-7(4-6)10(14,15)16/h1-7H,8H2,(H,23,24);3-4H,5H2,1-2H3,(H,20,21);2-3H,4H2,1H3,(H,18,19);2-3H,4H2,1H3,(H,18,19);2*1-2H,3H2,(H,18,19);1-2,4H,3H2,(H,17,18). The second kappa shape index (κ2) is 46.0. The monoisotopic (exact) mass is 2160 g/mol. The Morgan fingerprint density at radius 3 is 0.664 bits per heavy atom. The number of nitrogens with zero attached hydrogens (tertiary/aromatic N) is 1. The number of carbonyl (C=O) groups is 7. The molecule has 0 aliphatic rings. The van der Waals surface area contributed by atoms with Crippen LogP contribution in [0, 0.1) is 12.7 Å². The van der Waals surface area contributed by atoms with Crippen LogP contribution in [0.1, 0.15) is 122 Å². The van der Waals surface area contributed by atoms with Gasteiger partial charge in [-0.2, -0.15) is 184 Å². The van der Waals surface area contributed by atoms with Gasteiger partial charge in [0.15, 0.2) is 0 Å². The number of alkyl halides is 42. The first kappa shape index (κ1) is 123. The Labute approximate surface area is 759 Å². The Kier molecular flexibility index (Phi) is 40.5. The number of carboxylic acids is 7. The van der Waals surface area contributed by atoms with Crippen molar-refractivity contribution in [1.82, 2.24) is 0 Å². The Morgan fingerprint density at radius 2 is 0.464 bits per heavy atom. The van der Waals surface area contributed by atoms with Gasteiger partial charge in [-0.25, -0.2) is 4.39 Å². The molecule has 0 aromatic heterocycles. The normalized spacial score (nSPS) is 12.5. The number of methoxy groups -OCH3 is 1. The largest absolute Gasteiger partial charge is 0.495 e. The van der Waals surface area contributed by atoms with Gasteiger partial charge in [0.2, 0.25) is 0 Å². The minimum absolute atomic E-state index is 0.0502. The zero-order chi connectivity index (χ0) is 110. The fourth-order valence-electron chi connectivity index (χ4n) is 11.5. The van der Waals surface area contributed by atoms with E-state index in [2.05, 4.69) is 20.7 Å². The van der Waals surface area contributed by atoms with Gasteiger partial charge in [-0.05, 0) is 164 Å². The average Bonchev–Trinajstić information content (AvgIpc) is 0.760. The lowest BCUT2D eigenvalue weighted by atomic mass is 9.90. The lowest BCUT2D eigenvalue weighted by Crippen LogP contribution is -2.23. The van der Waals surface area contributed by atoms with E-state index in [1.54, 1.807) is 0 Å². The summed E-state index contributed by atoms with van der Waals surface area (Å²) < 4.78 is 550. The van der Waals surface area contributed by atoms with Crippen molar-refractivity contribution in [2.45, 2.75) is 138 Å². The first-order valence-electron chi connectivity index (χ1n) is 35.8. The Bertz CT molecular complexity index is 5260. The fourth-order valence-corrected chi connectivity index (χ4v) is 12.2. The van der Waals surface area contributed by atoms with Crippen molar-refractivity contribution in [3.05, 3.63) is 254 Å². The van der Waals surface area contributed by atoms with Crippen LogP contribution in [0.15, 0.2) is 126 Å². The molecule has 8 aromatic rings. The Balaban J connectivity index is 0.000000553. The topological polar surface area (TPSA) is 274 Å². The number of carboxylic acid groups (broad SMARTS) is 7. The first-order valence-corrected chi connectivity index (χ1v) is 36.6. The third-order valence-corrected chi connectivity index (χ3v) is 17.6. The summed E-state index contributed by atoms with van der Waals surface area (Å²) in [6.07, 6.45) is -77.7. The molecule has 140 heavy (non-hydrogen) atoms. The highest BCUT2D eigenvalue weighted by Crippen LogP contribution is 2.52. The van der Waals surface area contributed by atoms with Crippen molar-refractivity contribution in [3.63, 3.8) is 0 Å². The van der Waals surface area contributed by atoms with E-state index >= 15 is 0 Å². The number of halogens is 44. The third kappa shape index (κ3) is 38.0. The molecule has 0 aliphatic carbocycles. The summed E-state index contributed by atoms with van der Waals surface area (Å²) >= 11 is 2.27. The molecule has 7 N–H and O–H groups in total. The molecule has 0 radical (unpaired) electrons. The van der Waals surface area contributed by atoms with E-state index < -0.39 is 323 Å². The molecule has 0 bridgehead atoms. The predicted octanol–water partition coefficient (Wildman–Crippen LogP) is 26.4. The Hall–Kier alpha value is -12.9. The number of ether oxygens (including phenoxy) is 1. The van der Waals surface area contributed by atoms with Crippen LogP contribution < -0.4 is 9.64 Å². The summed E-state index contributed by atoms with van der Waals surface area (Å²) in [6.45, 7) is 0.705. The molecule has 0 heterocycles. The lowest BCUT2D eigenvalue weighted by molar-refractivity contribution is -0.149. The molecule has 0 unspecified atom stereocenters. The van der Waals surface area contributed by atoms with E-state index in [4.69, 9.17) is 35.7 Å². The van der Waals surface area contributed by atoms with Crippen LogP contribution in [0.3, 0.4) is 0 Å². The molecule has 8 aromatic carbocycles. The number of hydrogen-bond donors (Lipinski definition) is 7. The summed E-state index contributed by atoms with van der Waals surface area (Å²) in [6, 6.07) is 11.3. The summed E-state index contributed by atoms with van der Waals surface area (Å²) in [5, 5.41) is 59.4. The highest BCUT2D eigenvalue weighted by atomic mass is 79.9. The molecular weight excluding hydrogens is 2110 g/mol. The molecule has 0 aliphatic heterocycles. The molecular formula is C80H53BrF43NO15. The zero-order valence-corrected chi connectivity index (χ0v) is 70.1. The first-order chi connectivity index (χ1) is 62.6. The number of hydrogen-bond acceptors (Lipinski definition) is 9. The maximum Gasteiger partial charge on any atom is 0.419 e. The fraction of sp³-hybridized carbons (Fsp3) is 0.312. The molecule has 60 heteroatoms. The highest BCUT2D eigenvalue weighted by Gasteiger charge is 2.49. The lowest BCUT2D eigenvalue weighted by Gasteiger charge is -2.25. The SMILES string of the molecule is CN(C)c1c(C(F)(F)F)cc(CC(=O)O)cc1C(F)(F)F.COc1c(C(F)(F)F)cc(CC(=O)O)cc1C(F)(F)F.Cc1c(C(F)(F)F)cc(CC(=O)O)cc1C(F)(F)F.O=C(O)Cc1cc(C(F)(F)F)c(-c2ccccc2)c(C(F)(F)F)c1.O=C(O)Cc1cc(C(F)(F)F)c(Br)c(C(F)(F)F)c1.O=C(O)Cc1cc(C(F)(F)F)c(F)c(C(F)(F)F)c1.O=C(O)Cc1cc(C(F)(F)F)cc(C(F)(F)F)c1. The Morgan fingerprint density at radius 1 is 0.271 bits per heavy atom. The molecule has 8 rings (SSSR count). The van der Waals surface area contributed by atoms with Gasteiger partial charge in [0.1, 0.15) is 11.6 Å². The number of aliphatic carboxylic acids is 7. The summed E-state index contributed by atoms with van der Waals surface area (Å²) in [7, 11) is 2.78. The third-order valence-electron chi connectivity index (χ3n) is 16.8. The quantitative estimate of drug-likeness (QED) is 0.0418. The van der Waals surface area contributed by atoms with Crippen molar-refractivity contribution < 1.29 is 263 Å². The minimum atomic E-state index is -5.35. The van der Waals surface area contributed by atoms with Crippen LogP contribution in [0.5, 0.6) is 5.75 Å². The van der Waals surface area contributed by atoms with Gasteiger partial charge >= 0.3 is 128 Å². The summed E-state index contributed by atoms with van der Waals surface area (Å²) in [5.74, 6) is -14.6. The average molecular weight is 2170 g/mol. The summed E-state index contributed by atoms with van der Waals surface area (Å²) in [4.78, 5) is 73.8. The van der Waals surface area contributed by atoms with Crippen LogP contribution in [-0.2, 0) is 165 Å². The van der Waals surface area contributed by atoms with Gasteiger partial charge in [-0.1, -0.05) is 30.3 Å².